The molecule has 0 aliphatic carbocycles. The van der Waals surface area contributed by atoms with Crippen LogP contribution in [0.3, 0.4) is 0 Å². The van der Waals surface area contributed by atoms with E-state index in [-0.39, 0.29) is 5.78 Å². The van der Waals surface area contributed by atoms with E-state index in [1.165, 1.54) is 17.1 Å². The molecule has 1 heterocycles. The van der Waals surface area contributed by atoms with E-state index < -0.39 is 0 Å². The summed E-state index contributed by atoms with van der Waals surface area (Å²) in [4.78, 5) is 15.0. The minimum absolute atomic E-state index is 0.00513. The highest BCUT2D eigenvalue weighted by molar-refractivity contribution is 7.99. The van der Waals surface area contributed by atoms with E-state index in [0.717, 1.165) is 19.6 Å². The molecule has 0 saturated carbocycles. The zero-order valence-electron chi connectivity index (χ0n) is 12.9. The van der Waals surface area contributed by atoms with Gasteiger partial charge >= 0.3 is 0 Å². The maximum absolute atomic E-state index is 12.6. The van der Waals surface area contributed by atoms with E-state index in [9.17, 15) is 4.79 Å². The molecule has 0 N–H and O–H groups in total. The van der Waals surface area contributed by atoms with Gasteiger partial charge in [0.25, 0.3) is 0 Å². The first-order chi connectivity index (χ1) is 11.3. The van der Waals surface area contributed by atoms with Crippen LogP contribution in [0.4, 0.5) is 0 Å². The van der Waals surface area contributed by atoms with Crippen LogP contribution in [0, 0.1) is 11.3 Å². The Balaban J connectivity index is 1.75. The van der Waals surface area contributed by atoms with Crippen molar-refractivity contribution in [1.82, 2.24) is 4.90 Å². The minimum atomic E-state index is 0.00513. The summed E-state index contributed by atoms with van der Waals surface area (Å²) in [5.41, 5.74) is 3.07. The molecule has 2 aromatic rings. The third-order valence-electron chi connectivity index (χ3n) is 3.98. The van der Waals surface area contributed by atoms with Gasteiger partial charge in [0.2, 0.25) is 0 Å². The van der Waals surface area contributed by atoms with Crippen LogP contribution in [-0.2, 0) is 6.54 Å². The zero-order valence-corrected chi connectivity index (χ0v) is 13.7. The number of thioether (sulfide) groups is 1. The number of hydrogen-bond donors (Lipinski definition) is 0. The van der Waals surface area contributed by atoms with Crippen molar-refractivity contribution in [3.8, 4) is 6.07 Å². The van der Waals surface area contributed by atoms with Crippen LogP contribution in [0.1, 0.15) is 27.0 Å². The lowest BCUT2D eigenvalue weighted by atomic mass is 10.0. The summed E-state index contributed by atoms with van der Waals surface area (Å²) in [6.45, 7) is 3.12. The number of nitriles is 1. The number of hydrogen-bond acceptors (Lipinski definition) is 4. The van der Waals surface area contributed by atoms with Gasteiger partial charge in [-0.2, -0.15) is 17.0 Å². The standard InChI is InChI=1S/C19H18N2OS/c20-13-15-4-6-17(7-5-15)19(22)18-3-1-2-16(12-18)14-21-8-10-23-11-9-21/h1-7,12H,8-11,14H2. The third kappa shape index (κ3) is 4.01. The second-order valence-corrected chi connectivity index (χ2v) is 6.83. The lowest BCUT2D eigenvalue weighted by Crippen LogP contribution is -2.31. The summed E-state index contributed by atoms with van der Waals surface area (Å²) in [7, 11) is 0. The molecule has 0 aromatic heterocycles. The molecule has 1 fully saturated rings. The van der Waals surface area contributed by atoms with Crippen LogP contribution in [0.15, 0.2) is 48.5 Å². The molecule has 0 spiro atoms. The van der Waals surface area contributed by atoms with Crippen molar-refractivity contribution in [2.24, 2.45) is 0 Å². The summed E-state index contributed by atoms with van der Waals surface area (Å²) in [5.74, 6) is 2.37. The number of benzene rings is 2. The predicted molar refractivity (Wildman–Crippen MR) is 93.6 cm³/mol. The van der Waals surface area contributed by atoms with Gasteiger partial charge < -0.3 is 0 Å². The first-order valence-corrected chi connectivity index (χ1v) is 8.85. The molecular formula is C19H18N2OS. The summed E-state index contributed by atoms with van der Waals surface area (Å²) >= 11 is 2.00. The predicted octanol–water partition coefficient (Wildman–Crippen LogP) is 3.34. The van der Waals surface area contributed by atoms with E-state index in [4.69, 9.17) is 5.26 Å². The Kier molecular flexibility index (Phi) is 5.12. The van der Waals surface area contributed by atoms with Crippen LogP contribution in [-0.4, -0.2) is 35.3 Å². The van der Waals surface area contributed by atoms with Gasteiger partial charge in [0.1, 0.15) is 0 Å². The molecule has 0 atom stereocenters. The van der Waals surface area contributed by atoms with E-state index in [1.54, 1.807) is 24.3 Å². The van der Waals surface area contributed by atoms with Gasteiger partial charge in [-0.15, -0.1) is 0 Å². The van der Waals surface area contributed by atoms with Crippen LogP contribution in [0.2, 0.25) is 0 Å². The number of carbonyl (C=O) groups is 1. The SMILES string of the molecule is N#Cc1ccc(C(=O)c2cccc(CN3CCSCC3)c2)cc1. The molecule has 1 aliphatic heterocycles. The second kappa shape index (κ2) is 7.45. The van der Waals surface area contributed by atoms with Crippen molar-refractivity contribution >= 4 is 17.5 Å². The lowest BCUT2D eigenvalue weighted by Gasteiger charge is -2.26. The molecular weight excluding hydrogens is 304 g/mol. The highest BCUT2D eigenvalue weighted by atomic mass is 32.2. The molecule has 0 unspecified atom stereocenters. The van der Waals surface area contributed by atoms with Crippen LogP contribution < -0.4 is 0 Å². The molecule has 0 bridgehead atoms. The summed E-state index contributed by atoms with van der Waals surface area (Å²) in [6.07, 6.45) is 0. The van der Waals surface area contributed by atoms with Crippen molar-refractivity contribution in [2.45, 2.75) is 6.54 Å². The molecule has 4 heteroatoms. The molecule has 2 aromatic carbocycles. The summed E-state index contributed by atoms with van der Waals surface area (Å²) in [6, 6.07) is 16.7. The van der Waals surface area contributed by atoms with Crippen LogP contribution in [0.5, 0.6) is 0 Å². The van der Waals surface area contributed by atoms with Gasteiger partial charge in [-0.25, -0.2) is 0 Å². The average molecular weight is 322 g/mol. The first kappa shape index (κ1) is 15.8. The molecule has 116 valence electrons. The van der Waals surface area contributed by atoms with Crippen molar-refractivity contribution < 1.29 is 4.79 Å². The van der Waals surface area contributed by atoms with Gasteiger partial charge in [0, 0.05) is 42.3 Å². The van der Waals surface area contributed by atoms with Crippen molar-refractivity contribution in [2.75, 3.05) is 24.6 Å². The molecule has 0 radical (unpaired) electrons. The van der Waals surface area contributed by atoms with E-state index in [0.29, 0.717) is 16.7 Å². The van der Waals surface area contributed by atoms with E-state index in [1.807, 2.05) is 30.0 Å². The Labute approximate surface area is 140 Å². The largest absolute Gasteiger partial charge is 0.297 e. The average Bonchev–Trinajstić information content (AvgIpc) is 2.62. The van der Waals surface area contributed by atoms with Crippen molar-refractivity contribution in [3.63, 3.8) is 0 Å². The third-order valence-corrected chi connectivity index (χ3v) is 4.92. The smallest absolute Gasteiger partial charge is 0.193 e. The van der Waals surface area contributed by atoms with Crippen molar-refractivity contribution in [3.05, 3.63) is 70.8 Å². The normalized spacial score (nSPS) is 15.1. The number of carbonyl (C=O) groups excluding carboxylic acids is 1. The maximum atomic E-state index is 12.6. The van der Waals surface area contributed by atoms with Gasteiger partial charge in [0.15, 0.2) is 5.78 Å². The van der Waals surface area contributed by atoms with Gasteiger partial charge in [-0.1, -0.05) is 18.2 Å². The highest BCUT2D eigenvalue weighted by Crippen LogP contribution is 2.16. The Morgan fingerprint density at radius 1 is 1.09 bits per heavy atom. The molecule has 3 nitrogen and oxygen atoms in total. The fraction of sp³-hybridized carbons (Fsp3) is 0.263. The maximum Gasteiger partial charge on any atom is 0.193 e. The number of nitrogens with zero attached hydrogens (tertiary/aromatic N) is 2. The Morgan fingerprint density at radius 3 is 2.52 bits per heavy atom. The Morgan fingerprint density at radius 2 is 1.83 bits per heavy atom. The monoisotopic (exact) mass is 322 g/mol. The number of ketones is 1. The van der Waals surface area contributed by atoms with Crippen molar-refractivity contribution in [1.29, 1.82) is 5.26 Å². The molecule has 1 aliphatic rings. The fourth-order valence-corrected chi connectivity index (χ4v) is 3.67. The van der Waals surface area contributed by atoms with Gasteiger partial charge in [0.05, 0.1) is 11.6 Å². The number of rotatable bonds is 4. The fourth-order valence-electron chi connectivity index (χ4n) is 2.69. The summed E-state index contributed by atoms with van der Waals surface area (Å²) in [5, 5.41) is 8.84. The van der Waals surface area contributed by atoms with E-state index >= 15 is 0 Å². The first-order valence-electron chi connectivity index (χ1n) is 7.70. The molecule has 0 amide bonds. The van der Waals surface area contributed by atoms with E-state index in [2.05, 4.69) is 17.0 Å². The molecule has 23 heavy (non-hydrogen) atoms. The summed E-state index contributed by atoms with van der Waals surface area (Å²) < 4.78 is 0. The minimum Gasteiger partial charge on any atom is -0.297 e. The van der Waals surface area contributed by atoms with Gasteiger partial charge in [-0.05, 0) is 35.9 Å². The lowest BCUT2D eigenvalue weighted by molar-refractivity contribution is 0.103. The molecule has 1 saturated heterocycles. The highest BCUT2D eigenvalue weighted by Gasteiger charge is 2.13. The Hall–Kier alpha value is -2.09. The zero-order chi connectivity index (χ0) is 16.1. The molecule has 3 rings (SSSR count). The topological polar surface area (TPSA) is 44.1 Å². The van der Waals surface area contributed by atoms with Crippen LogP contribution in [0.25, 0.3) is 0 Å². The quantitative estimate of drug-likeness (QED) is 0.810. The second-order valence-electron chi connectivity index (χ2n) is 5.61. The Bertz CT molecular complexity index is 728. The van der Waals surface area contributed by atoms with Crippen LogP contribution >= 0.6 is 11.8 Å². The van der Waals surface area contributed by atoms with Gasteiger partial charge in [-0.3, -0.25) is 9.69 Å².